The number of piperidine rings is 1. The summed E-state index contributed by atoms with van der Waals surface area (Å²) >= 11 is 0. The number of ether oxygens (including phenoxy) is 1. The van der Waals surface area contributed by atoms with Gasteiger partial charge in [0.05, 0.1) is 0 Å². The molecule has 0 spiro atoms. The van der Waals surface area contributed by atoms with Crippen LogP contribution < -0.4 is 0 Å². The first-order valence-corrected chi connectivity index (χ1v) is 9.20. The molecule has 1 fully saturated rings. The zero-order valence-electron chi connectivity index (χ0n) is 16.1. The number of carbonyl (C=O) groups excluding carboxylic acids is 2. The molecule has 1 aliphatic heterocycles. The Hall–Kier alpha value is -1.98. The molecule has 1 aromatic heterocycles. The topological polar surface area (TPSA) is 54.8 Å². The standard InChI is InChI=1S/C19H31N3O3/c1-6-20(7-2)17(23)16-9-8-12-22(16)15-10-13-21(14-11-15)18(24)25-19(3,4)5/h8-9,12,15H,6-7,10-11,13-14H2,1-5H3. The van der Waals surface area contributed by atoms with E-state index in [2.05, 4.69) is 4.57 Å². The number of aromatic nitrogens is 1. The van der Waals surface area contributed by atoms with Gasteiger partial charge >= 0.3 is 6.09 Å². The van der Waals surface area contributed by atoms with Gasteiger partial charge in [0.25, 0.3) is 5.91 Å². The van der Waals surface area contributed by atoms with Gasteiger partial charge in [0, 0.05) is 38.4 Å². The fraction of sp³-hybridized carbons (Fsp3) is 0.684. The molecule has 140 valence electrons. The molecule has 6 heteroatoms. The first-order chi connectivity index (χ1) is 11.8. The van der Waals surface area contributed by atoms with Crippen molar-refractivity contribution in [2.75, 3.05) is 26.2 Å². The predicted octanol–water partition coefficient (Wildman–Crippen LogP) is 3.54. The second-order valence-electron chi connectivity index (χ2n) is 7.48. The Bertz CT molecular complexity index is 591. The van der Waals surface area contributed by atoms with Crippen molar-refractivity contribution in [3.63, 3.8) is 0 Å². The fourth-order valence-electron chi connectivity index (χ4n) is 3.22. The average Bonchev–Trinajstić information content (AvgIpc) is 3.04. The van der Waals surface area contributed by atoms with E-state index in [0.29, 0.717) is 26.2 Å². The van der Waals surface area contributed by atoms with E-state index in [9.17, 15) is 9.59 Å². The van der Waals surface area contributed by atoms with Crippen LogP contribution in [0.25, 0.3) is 0 Å². The zero-order chi connectivity index (χ0) is 18.6. The first kappa shape index (κ1) is 19.3. The van der Waals surface area contributed by atoms with Crippen LogP contribution in [-0.4, -0.2) is 58.1 Å². The number of nitrogens with zero attached hydrogens (tertiary/aromatic N) is 3. The van der Waals surface area contributed by atoms with Gasteiger partial charge in [-0.3, -0.25) is 4.79 Å². The van der Waals surface area contributed by atoms with Crippen LogP contribution in [0.1, 0.15) is 64.0 Å². The molecule has 2 heterocycles. The Morgan fingerprint density at radius 3 is 2.32 bits per heavy atom. The van der Waals surface area contributed by atoms with Crippen molar-refractivity contribution < 1.29 is 14.3 Å². The van der Waals surface area contributed by atoms with Crippen LogP contribution in [0.15, 0.2) is 18.3 Å². The SMILES string of the molecule is CCN(CC)C(=O)c1cccn1C1CCN(C(=O)OC(C)(C)C)CC1. The number of amides is 2. The van der Waals surface area contributed by atoms with E-state index >= 15 is 0 Å². The van der Waals surface area contributed by atoms with Crippen LogP contribution in [0, 0.1) is 0 Å². The lowest BCUT2D eigenvalue weighted by Crippen LogP contribution is -2.42. The van der Waals surface area contributed by atoms with Gasteiger partial charge in [0.2, 0.25) is 0 Å². The molecule has 25 heavy (non-hydrogen) atoms. The van der Waals surface area contributed by atoms with Crippen LogP contribution >= 0.6 is 0 Å². The molecule has 2 rings (SSSR count). The molecule has 0 bridgehead atoms. The lowest BCUT2D eigenvalue weighted by atomic mass is 10.0. The van der Waals surface area contributed by atoms with Crippen LogP contribution in [0.2, 0.25) is 0 Å². The summed E-state index contributed by atoms with van der Waals surface area (Å²) in [5.41, 5.74) is 0.261. The van der Waals surface area contributed by atoms with Crippen molar-refractivity contribution in [2.45, 2.75) is 59.1 Å². The van der Waals surface area contributed by atoms with E-state index in [1.165, 1.54) is 0 Å². The van der Waals surface area contributed by atoms with Crippen molar-refractivity contribution in [1.82, 2.24) is 14.4 Å². The molecule has 0 N–H and O–H groups in total. The van der Waals surface area contributed by atoms with Gasteiger partial charge in [0.1, 0.15) is 11.3 Å². The van der Waals surface area contributed by atoms with Gasteiger partial charge in [-0.15, -0.1) is 0 Å². The predicted molar refractivity (Wildman–Crippen MR) is 97.8 cm³/mol. The van der Waals surface area contributed by atoms with E-state index in [1.807, 2.05) is 57.8 Å². The van der Waals surface area contributed by atoms with Crippen LogP contribution in [0.3, 0.4) is 0 Å². The summed E-state index contributed by atoms with van der Waals surface area (Å²) < 4.78 is 7.52. The third kappa shape index (κ3) is 4.77. The summed E-state index contributed by atoms with van der Waals surface area (Å²) in [5.74, 6) is 0.0737. The van der Waals surface area contributed by atoms with E-state index in [4.69, 9.17) is 4.74 Å². The molecular formula is C19H31N3O3. The lowest BCUT2D eigenvalue weighted by Gasteiger charge is -2.34. The number of carbonyl (C=O) groups is 2. The second kappa shape index (κ2) is 7.93. The molecule has 0 unspecified atom stereocenters. The minimum atomic E-state index is -0.474. The average molecular weight is 349 g/mol. The van der Waals surface area contributed by atoms with Crippen molar-refractivity contribution in [3.8, 4) is 0 Å². The molecule has 6 nitrogen and oxygen atoms in total. The van der Waals surface area contributed by atoms with Gasteiger partial charge in [-0.1, -0.05) is 0 Å². The first-order valence-electron chi connectivity index (χ1n) is 9.20. The minimum absolute atomic E-state index is 0.0737. The quantitative estimate of drug-likeness (QED) is 0.835. The summed E-state index contributed by atoms with van der Waals surface area (Å²) in [4.78, 5) is 28.5. The van der Waals surface area contributed by atoms with Crippen molar-refractivity contribution >= 4 is 12.0 Å². The third-order valence-corrected chi connectivity index (χ3v) is 4.56. The molecule has 0 saturated carbocycles. The Labute approximate surface area is 150 Å². The van der Waals surface area contributed by atoms with Gasteiger partial charge in [-0.05, 0) is 59.6 Å². The van der Waals surface area contributed by atoms with Crippen molar-refractivity contribution in [2.24, 2.45) is 0 Å². The van der Waals surface area contributed by atoms with E-state index < -0.39 is 5.60 Å². The highest BCUT2D eigenvalue weighted by molar-refractivity contribution is 5.92. The fourth-order valence-corrected chi connectivity index (χ4v) is 3.22. The summed E-state index contributed by atoms with van der Waals surface area (Å²) in [6.07, 6.45) is 3.38. The Morgan fingerprint density at radius 1 is 1.20 bits per heavy atom. The molecule has 0 atom stereocenters. The highest BCUT2D eigenvalue weighted by atomic mass is 16.6. The highest BCUT2D eigenvalue weighted by Gasteiger charge is 2.29. The highest BCUT2D eigenvalue weighted by Crippen LogP contribution is 2.26. The maximum Gasteiger partial charge on any atom is 0.410 e. The van der Waals surface area contributed by atoms with Crippen LogP contribution in [-0.2, 0) is 4.74 Å². The van der Waals surface area contributed by atoms with Crippen LogP contribution in [0.4, 0.5) is 4.79 Å². The van der Waals surface area contributed by atoms with Gasteiger partial charge in [-0.2, -0.15) is 0 Å². The third-order valence-electron chi connectivity index (χ3n) is 4.56. The molecule has 2 amide bonds. The molecule has 1 saturated heterocycles. The maximum atomic E-state index is 12.7. The zero-order valence-corrected chi connectivity index (χ0v) is 16.1. The summed E-state index contributed by atoms with van der Waals surface area (Å²) in [6.45, 7) is 12.3. The Kier molecular flexibility index (Phi) is 6.14. The molecule has 1 aliphatic rings. The molecular weight excluding hydrogens is 318 g/mol. The van der Waals surface area contributed by atoms with Gasteiger partial charge < -0.3 is 19.1 Å². The number of hydrogen-bond acceptors (Lipinski definition) is 3. The van der Waals surface area contributed by atoms with E-state index in [0.717, 1.165) is 18.5 Å². The normalized spacial score (nSPS) is 16.0. The molecule has 0 aromatic carbocycles. The number of hydrogen-bond donors (Lipinski definition) is 0. The van der Waals surface area contributed by atoms with Crippen molar-refractivity contribution in [3.05, 3.63) is 24.0 Å². The summed E-state index contributed by atoms with van der Waals surface area (Å²) in [7, 11) is 0. The van der Waals surface area contributed by atoms with E-state index in [-0.39, 0.29) is 18.0 Å². The molecule has 0 radical (unpaired) electrons. The lowest BCUT2D eigenvalue weighted by molar-refractivity contribution is 0.0186. The maximum absolute atomic E-state index is 12.7. The Balaban J connectivity index is 2.01. The largest absolute Gasteiger partial charge is 0.444 e. The van der Waals surface area contributed by atoms with Gasteiger partial charge in [-0.25, -0.2) is 4.79 Å². The van der Waals surface area contributed by atoms with Gasteiger partial charge in [0.15, 0.2) is 0 Å². The molecule has 0 aliphatic carbocycles. The van der Waals surface area contributed by atoms with Crippen molar-refractivity contribution in [1.29, 1.82) is 0 Å². The number of rotatable bonds is 4. The molecule has 1 aromatic rings. The monoisotopic (exact) mass is 349 g/mol. The smallest absolute Gasteiger partial charge is 0.410 e. The number of likely N-dealkylation sites (tertiary alicyclic amines) is 1. The Morgan fingerprint density at radius 2 is 1.80 bits per heavy atom. The summed E-state index contributed by atoms with van der Waals surface area (Å²) in [6, 6.07) is 4.06. The van der Waals surface area contributed by atoms with Crippen LogP contribution in [0.5, 0.6) is 0 Å². The second-order valence-corrected chi connectivity index (χ2v) is 7.48. The summed E-state index contributed by atoms with van der Waals surface area (Å²) in [5, 5.41) is 0. The minimum Gasteiger partial charge on any atom is -0.444 e. The van der Waals surface area contributed by atoms with E-state index in [1.54, 1.807) is 4.90 Å².